The van der Waals surface area contributed by atoms with Crippen molar-refractivity contribution in [2.75, 3.05) is 19.0 Å². The van der Waals surface area contributed by atoms with Crippen LogP contribution < -0.4 is 4.74 Å². The van der Waals surface area contributed by atoms with E-state index in [1.165, 1.54) is 83.5 Å². The van der Waals surface area contributed by atoms with Gasteiger partial charge in [0.1, 0.15) is 5.75 Å². The van der Waals surface area contributed by atoms with Gasteiger partial charge in [-0.1, -0.05) is 140 Å². The topological polar surface area (TPSA) is 63.6 Å². The van der Waals surface area contributed by atoms with Crippen molar-refractivity contribution in [3.8, 4) is 5.75 Å². The number of hydrogen-bond donors (Lipinski definition) is 1. The molecule has 0 atom stereocenters. The summed E-state index contributed by atoms with van der Waals surface area (Å²) in [6.07, 6.45) is 26.1. The summed E-state index contributed by atoms with van der Waals surface area (Å²) >= 11 is 0. The minimum Gasteiger partial charge on any atom is -0.494 e. The zero-order valence-corrected chi connectivity index (χ0v) is 26.5. The minimum atomic E-state index is -3.26. The maximum absolute atomic E-state index is 12.5. The lowest BCUT2D eigenvalue weighted by molar-refractivity contribution is 0.283. The van der Waals surface area contributed by atoms with Crippen LogP contribution >= 0.6 is 0 Å². The van der Waals surface area contributed by atoms with Gasteiger partial charge < -0.3 is 9.84 Å². The average Bonchev–Trinajstić information content (AvgIpc) is 2.99. The average molecular weight is 585 g/mol. The van der Waals surface area contributed by atoms with Gasteiger partial charge in [0.15, 0.2) is 9.84 Å². The first kappa shape index (κ1) is 35.1. The summed E-state index contributed by atoms with van der Waals surface area (Å²) in [7, 11) is -3.26. The Morgan fingerprint density at radius 2 is 1.02 bits per heavy atom. The number of sulfone groups is 1. The molecular weight excluding hydrogens is 528 g/mol. The molecule has 0 radical (unpaired) electrons. The van der Waals surface area contributed by atoms with Gasteiger partial charge in [0.05, 0.1) is 17.3 Å². The first-order valence-corrected chi connectivity index (χ1v) is 18.0. The van der Waals surface area contributed by atoms with Gasteiger partial charge in [-0.2, -0.15) is 0 Å². The first-order valence-electron chi connectivity index (χ1n) is 16.4. The van der Waals surface area contributed by atoms with Gasteiger partial charge in [-0.25, -0.2) is 8.42 Å². The fraction of sp³-hybridized carbons (Fsp3) is 0.611. The van der Waals surface area contributed by atoms with Crippen LogP contribution in [-0.4, -0.2) is 32.5 Å². The van der Waals surface area contributed by atoms with E-state index in [1.807, 2.05) is 48.6 Å². The molecule has 0 saturated heterocycles. The monoisotopic (exact) mass is 584 g/mol. The van der Waals surface area contributed by atoms with E-state index in [9.17, 15) is 8.42 Å². The van der Waals surface area contributed by atoms with Gasteiger partial charge in [0.2, 0.25) is 0 Å². The van der Waals surface area contributed by atoms with Gasteiger partial charge in [0, 0.05) is 6.61 Å². The normalized spacial score (nSPS) is 11.9. The third-order valence-electron chi connectivity index (χ3n) is 7.68. The zero-order valence-electron chi connectivity index (χ0n) is 25.7. The second-order valence-electron chi connectivity index (χ2n) is 11.4. The lowest BCUT2D eigenvalue weighted by atomic mass is 10.0. The van der Waals surface area contributed by atoms with E-state index in [0.717, 1.165) is 49.2 Å². The molecule has 0 aliphatic heterocycles. The van der Waals surface area contributed by atoms with Crippen LogP contribution in [0.5, 0.6) is 5.75 Å². The van der Waals surface area contributed by atoms with Crippen LogP contribution in [0.2, 0.25) is 0 Å². The van der Waals surface area contributed by atoms with E-state index >= 15 is 0 Å². The fourth-order valence-corrected chi connectivity index (χ4v) is 6.39. The number of rotatable bonds is 25. The van der Waals surface area contributed by atoms with E-state index in [0.29, 0.717) is 11.3 Å². The largest absolute Gasteiger partial charge is 0.494 e. The Balaban J connectivity index is 1.55. The summed E-state index contributed by atoms with van der Waals surface area (Å²) in [4.78, 5) is 0.372. The third-order valence-corrected chi connectivity index (χ3v) is 9.49. The molecule has 0 unspecified atom stereocenters. The molecule has 230 valence electrons. The van der Waals surface area contributed by atoms with Gasteiger partial charge in [0.25, 0.3) is 0 Å². The molecule has 41 heavy (non-hydrogen) atoms. The second kappa shape index (κ2) is 22.5. The Labute approximate surface area is 251 Å². The molecule has 2 aromatic rings. The van der Waals surface area contributed by atoms with Gasteiger partial charge in [-0.15, -0.1) is 0 Å². The van der Waals surface area contributed by atoms with Crippen molar-refractivity contribution in [1.82, 2.24) is 0 Å². The highest BCUT2D eigenvalue weighted by Gasteiger charge is 2.13. The molecule has 0 aliphatic rings. The number of aliphatic hydroxyl groups is 1. The zero-order chi connectivity index (χ0) is 29.4. The fourth-order valence-electron chi connectivity index (χ4n) is 5.02. The van der Waals surface area contributed by atoms with Crippen LogP contribution in [0.15, 0.2) is 53.4 Å². The van der Waals surface area contributed by atoms with Crippen LogP contribution in [0.4, 0.5) is 0 Å². The molecule has 5 heteroatoms. The van der Waals surface area contributed by atoms with Crippen LogP contribution in [-0.2, 0) is 9.84 Å². The lowest BCUT2D eigenvalue weighted by Crippen LogP contribution is -2.06. The summed E-state index contributed by atoms with van der Waals surface area (Å²) in [5.41, 5.74) is 2.04. The smallest absolute Gasteiger partial charge is 0.178 e. The van der Waals surface area contributed by atoms with Crippen molar-refractivity contribution in [2.24, 2.45) is 0 Å². The maximum atomic E-state index is 12.5. The summed E-state index contributed by atoms with van der Waals surface area (Å²) in [5.74, 6) is 1.06. The molecule has 0 aliphatic carbocycles. The first-order chi connectivity index (χ1) is 20.0. The van der Waals surface area contributed by atoms with E-state index < -0.39 is 9.84 Å². The van der Waals surface area contributed by atoms with Gasteiger partial charge in [-0.05, 0) is 54.7 Å². The highest BCUT2D eigenvalue weighted by Crippen LogP contribution is 2.19. The molecule has 0 amide bonds. The lowest BCUT2D eigenvalue weighted by Gasteiger charge is -2.07. The van der Waals surface area contributed by atoms with Crippen molar-refractivity contribution in [2.45, 2.75) is 127 Å². The number of unbranched alkanes of at least 4 members (excludes halogenated alkanes) is 16. The van der Waals surface area contributed by atoms with E-state index in [2.05, 4.69) is 6.92 Å². The Morgan fingerprint density at radius 1 is 0.585 bits per heavy atom. The Bertz CT molecular complexity index is 1030. The third kappa shape index (κ3) is 16.8. The summed E-state index contributed by atoms with van der Waals surface area (Å²) < 4.78 is 31.0. The minimum absolute atomic E-state index is 0.154. The molecule has 0 spiro atoms. The number of aliphatic hydroxyl groups excluding tert-OH is 1. The molecular formula is C36H56O4S. The number of ether oxygens (including phenoxy) is 1. The number of hydrogen-bond acceptors (Lipinski definition) is 4. The van der Waals surface area contributed by atoms with Crippen molar-refractivity contribution in [3.63, 3.8) is 0 Å². The summed E-state index contributed by atoms with van der Waals surface area (Å²) in [6, 6.07) is 15.2. The van der Waals surface area contributed by atoms with Crippen LogP contribution in [0.25, 0.3) is 12.2 Å². The SMILES string of the molecule is CCCCCCCCCCCCCCCCOc1ccc(C=Cc2ccc(S(=O)(=O)CCCCCCO)cc2)cc1. The van der Waals surface area contributed by atoms with Gasteiger partial charge in [-0.3, -0.25) is 0 Å². The molecule has 0 bridgehead atoms. The molecule has 0 saturated carbocycles. The van der Waals surface area contributed by atoms with E-state index in [4.69, 9.17) is 9.84 Å². The Morgan fingerprint density at radius 3 is 1.54 bits per heavy atom. The molecule has 0 fully saturated rings. The molecule has 1 N–H and O–H groups in total. The van der Waals surface area contributed by atoms with E-state index in [-0.39, 0.29) is 12.4 Å². The van der Waals surface area contributed by atoms with Crippen molar-refractivity contribution >= 4 is 22.0 Å². The van der Waals surface area contributed by atoms with E-state index in [1.54, 1.807) is 12.1 Å². The van der Waals surface area contributed by atoms with Crippen molar-refractivity contribution in [1.29, 1.82) is 0 Å². The van der Waals surface area contributed by atoms with Crippen LogP contribution in [0, 0.1) is 0 Å². The van der Waals surface area contributed by atoms with Crippen molar-refractivity contribution < 1.29 is 18.3 Å². The molecule has 0 aromatic heterocycles. The predicted molar refractivity (Wildman–Crippen MR) is 175 cm³/mol. The molecule has 2 aromatic carbocycles. The predicted octanol–water partition coefficient (Wildman–Crippen LogP) is 10.0. The highest BCUT2D eigenvalue weighted by atomic mass is 32.2. The van der Waals surface area contributed by atoms with Gasteiger partial charge >= 0.3 is 0 Å². The standard InChI is InChI=1S/C36H56O4S/c1-2-3-4-5-6-7-8-9-10-11-12-13-15-18-31-40-35-26-22-33(23-27-35)20-21-34-24-28-36(29-25-34)41(38,39)32-19-16-14-17-30-37/h20-29,37H,2-19,30-32H2,1H3. The summed E-state index contributed by atoms with van der Waals surface area (Å²) in [6.45, 7) is 3.21. The Hall–Kier alpha value is -2.11. The highest BCUT2D eigenvalue weighted by molar-refractivity contribution is 7.91. The number of benzene rings is 2. The van der Waals surface area contributed by atoms with Crippen LogP contribution in [0.1, 0.15) is 134 Å². The molecule has 4 nitrogen and oxygen atoms in total. The second-order valence-corrected chi connectivity index (χ2v) is 13.5. The molecule has 2 rings (SSSR count). The van der Waals surface area contributed by atoms with Crippen molar-refractivity contribution in [3.05, 3.63) is 59.7 Å². The summed E-state index contributed by atoms with van der Waals surface area (Å²) in [5, 5.41) is 8.83. The maximum Gasteiger partial charge on any atom is 0.178 e. The Kier molecular flexibility index (Phi) is 19.2. The van der Waals surface area contributed by atoms with Crippen LogP contribution in [0.3, 0.4) is 0 Å². The quantitative estimate of drug-likeness (QED) is 0.0931. The molecule has 0 heterocycles.